The van der Waals surface area contributed by atoms with Gasteiger partial charge in [-0.3, -0.25) is 10.1 Å². The number of rotatable bonds is 5. The van der Waals surface area contributed by atoms with Gasteiger partial charge < -0.3 is 15.5 Å². The Kier molecular flexibility index (Phi) is 4.23. The molecule has 0 radical (unpaired) electrons. The van der Waals surface area contributed by atoms with Crippen molar-refractivity contribution in [1.82, 2.24) is 5.32 Å². The maximum absolute atomic E-state index is 10.4. The lowest BCUT2D eigenvalue weighted by molar-refractivity contribution is -0.414. The molecule has 0 aromatic rings. The van der Waals surface area contributed by atoms with Crippen molar-refractivity contribution in [3.8, 4) is 0 Å². The molecule has 0 aliphatic heterocycles. The van der Waals surface area contributed by atoms with Crippen LogP contribution in [-0.4, -0.2) is 30.4 Å². The van der Waals surface area contributed by atoms with Crippen molar-refractivity contribution in [1.29, 1.82) is 5.41 Å². The highest BCUT2D eigenvalue weighted by Gasteiger charge is 2.23. The third-order valence-electron chi connectivity index (χ3n) is 2.54. The van der Waals surface area contributed by atoms with Gasteiger partial charge in [0.25, 0.3) is 0 Å². The molecule has 84 valence electrons. The molecule has 6 heteroatoms. The second-order valence-electron chi connectivity index (χ2n) is 3.51. The van der Waals surface area contributed by atoms with Crippen molar-refractivity contribution in [3.05, 3.63) is 22.0 Å². The molecular weight excluding hydrogens is 198 g/mol. The number of nitrogens with zero attached hydrogens (tertiary/aromatic N) is 1. The first-order chi connectivity index (χ1) is 7.17. The lowest BCUT2D eigenvalue weighted by atomic mass is 10.2. The third-order valence-corrected chi connectivity index (χ3v) is 2.54. The Hall–Kier alpha value is -1.43. The lowest BCUT2D eigenvalue weighted by Gasteiger charge is -2.09. The molecule has 6 nitrogen and oxygen atoms in total. The molecule has 0 amide bonds. The number of hydrogen-bond donors (Lipinski definition) is 2. The lowest BCUT2D eigenvalue weighted by Crippen LogP contribution is -2.23. The second-order valence-corrected chi connectivity index (χ2v) is 3.51. The summed E-state index contributed by atoms with van der Waals surface area (Å²) in [6.07, 6.45) is 5.04. The molecular formula is C9H15N3O3. The van der Waals surface area contributed by atoms with Crippen LogP contribution >= 0.6 is 0 Å². The van der Waals surface area contributed by atoms with E-state index in [1.807, 2.05) is 0 Å². The van der Waals surface area contributed by atoms with Crippen molar-refractivity contribution in [2.24, 2.45) is 0 Å². The van der Waals surface area contributed by atoms with Gasteiger partial charge in [-0.05, 0) is 19.3 Å². The summed E-state index contributed by atoms with van der Waals surface area (Å²) >= 11 is 0. The highest BCUT2D eigenvalue weighted by atomic mass is 16.6. The number of hydrogen-bond acceptors (Lipinski definition) is 5. The molecule has 0 aromatic heterocycles. The van der Waals surface area contributed by atoms with Gasteiger partial charge in [-0.15, -0.1) is 0 Å². The molecule has 1 saturated carbocycles. The van der Waals surface area contributed by atoms with E-state index in [9.17, 15) is 10.1 Å². The van der Waals surface area contributed by atoms with E-state index < -0.39 is 4.92 Å². The Labute approximate surface area is 88.0 Å². The zero-order chi connectivity index (χ0) is 11.3. The van der Waals surface area contributed by atoms with Crippen LogP contribution in [0.2, 0.25) is 0 Å². The highest BCUT2D eigenvalue weighted by molar-refractivity contribution is 5.71. The summed E-state index contributed by atoms with van der Waals surface area (Å²) in [6, 6.07) is 0.213. The normalized spacial score (nSPS) is 26.3. The summed E-state index contributed by atoms with van der Waals surface area (Å²) in [5, 5.41) is 20.2. The Bertz CT molecular complexity index is 278. The Morgan fingerprint density at radius 1 is 1.67 bits per heavy atom. The molecule has 1 aliphatic rings. The van der Waals surface area contributed by atoms with Crippen LogP contribution in [-0.2, 0) is 4.74 Å². The van der Waals surface area contributed by atoms with Gasteiger partial charge in [0.05, 0.1) is 23.4 Å². The standard InChI is InChI=1S/C9H15N3O3/c1-15-9-3-2-7(4-9)11-6-8(5-10)12(13)14/h5-7,9-11H,2-4H2,1H3/b8-6+,10-5?. The van der Waals surface area contributed by atoms with E-state index in [1.54, 1.807) is 7.11 Å². The van der Waals surface area contributed by atoms with Crippen LogP contribution in [0.4, 0.5) is 0 Å². The minimum atomic E-state index is -0.581. The van der Waals surface area contributed by atoms with Gasteiger partial charge in [0.15, 0.2) is 0 Å². The van der Waals surface area contributed by atoms with E-state index in [4.69, 9.17) is 10.1 Å². The summed E-state index contributed by atoms with van der Waals surface area (Å²) in [7, 11) is 1.67. The molecule has 0 heterocycles. The van der Waals surface area contributed by atoms with Gasteiger partial charge >= 0.3 is 5.70 Å². The first-order valence-electron chi connectivity index (χ1n) is 4.81. The Morgan fingerprint density at radius 2 is 2.40 bits per heavy atom. The molecule has 2 atom stereocenters. The molecule has 1 aliphatic carbocycles. The zero-order valence-electron chi connectivity index (χ0n) is 8.60. The van der Waals surface area contributed by atoms with Crippen LogP contribution in [0.1, 0.15) is 19.3 Å². The van der Waals surface area contributed by atoms with Crippen molar-refractivity contribution in [2.45, 2.75) is 31.4 Å². The maximum atomic E-state index is 10.4. The number of methoxy groups -OCH3 is 1. The Morgan fingerprint density at radius 3 is 2.87 bits per heavy atom. The third kappa shape index (κ3) is 3.32. The molecule has 0 saturated heterocycles. The van der Waals surface area contributed by atoms with Crippen molar-refractivity contribution < 1.29 is 9.66 Å². The second kappa shape index (κ2) is 5.45. The van der Waals surface area contributed by atoms with E-state index in [-0.39, 0.29) is 17.8 Å². The van der Waals surface area contributed by atoms with Crippen LogP contribution in [0.15, 0.2) is 11.9 Å². The predicted molar refractivity (Wildman–Crippen MR) is 55.4 cm³/mol. The fourth-order valence-corrected chi connectivity index (χ4v) is 1.66. The van der Waals surface area contributed by atoms with E-state index in [1.165, 1.54) is 6.20 Å². The maximum Gasteiger partial charge on any atom is 0.302 e. The van der Waals surface area contributed by atoms with Gasteiger partial charge in [-0.1, -0.05) is 0 Å². The summed E-state index contributed by atoms with van der Waals surface area (Å²) in [5.41, 5.74) is -0.226. The predicted octanol–water partition coefficient (Wildman–Crippen LogP) is 0.911. The number of allylic oxidation sites excluding steroid dienone is 1. The first-order valence-corrected chi connectivity index (χ1v) is 4.81. The van der Waals surface area contributed by atoms with Crippen LogP contribution < -0.4 is 5.32 Å². The SMILES string of the molecule is COC1CCC(N/C=C(\C=N)[N+](=O)[O-])C1. The summed E-state index contributed by atoms with van der Waals surface area (Å²) in [5.74, 6) is 0. The largest absolute Gasteiger partial charge is 0.383 e. The smallest absolute Gasteiger partial charge is 0.302 e. The van der Waals surface area contributed by atoms with E-state index >= 15 is 0 Å². The van der Waals surface area contributed by atoms with Crippen LogP contribution in [0.25, 0.3) is 0 Å². The summed E-state index contributed by atoms with van der Waals surface area (Å²) in [4.78, 5) is 9.80. The monoisotopic (exact) mass is 213 g/mol. The van der Waals surface area contributed by atoms with Crippen molar-refractivity contribution in [3.63, 3.8) is 0 Å². The molecule has 1 fully saturated rings. The highest BCUT2D eigenvalue weighted by Crippen LogP contribution is 2.21. The van der Waals surface area contributed by atoms with Gasteiger partial charge in [0, 0.05) is 13.2 Å². The molecule has 0 spiro atoms. The minimum Gasteiger partial charge on any atom is -0.383 e. The summed E-state index contributed by atoms with van der Waals surface area (Å²) in [6.45, 7) is 0. The summed E-state index contributed by atoms with van der Waals surface area (Å²) < 4.78 is 5.18. The number of nitro groups is 1. The first kappa shape index (κ1) is 11.6. The van der Waals surface area contributed by atoms with Crippen LogP contribution in [0.3, 0.4) is 0 Å². The van der Waals surface area contributed by atoms with Gasteiger partial charge in [0.2, 0.25) is 0 Å². The zero-order valence-corrected chi connectivity index (χ0v) is 8.60. The number of ether oxygens (including phenoxy) is 1. The van der Waals surface area contributed by atoms with Gasteiger partial charge in [-0.2, -0.15) is 0 Å². The molecule has 15 heavy (non-hydrogen) atoms. The van der Waals surface area contributed by atoms with Gasteiger partial charge in [-0.25, -0.2) is 0 Å². The topological polar surface area (TPSA) is 88.2 Å². The van der Waals surface area contributed by atoms with E-state index in [2.05, 4.69) is 5.32 Å². The number of nitrogens with one attached hydrogen (secondary N) is 2. The van der Waals surface area contributed by atoms with Gasteiger partial charge in [0.1, 0.15) is 0 Å². The fraction of sp³-hybridized carbons (Fsp3) is 0.667. The van der Waals surface area contributed by atoms with Crippen LogP contribution in [0, 0.1) is 15.5 Å². The molecule has 0 aromatic carbocycles. The minimum absolute atomic E-state index is 0.213. The Balaban J connectivity index is 2.43. The van der Waals surface area contributed by atoms with Crippen molar-refractivity contribution in [2.75, 3.05) is 7.11 Å². The molecule has 1 rings (SSSR count). The molecule has 2 unspecified atom stereocenters. The fourth-order valence-electron chi connectivity index (χ4n) is 1.66. The molecule has 2 N–H and O–H groups in total. The van der Waals surface area contributed by atoms with E-state index in [0.29, 0.717) is 0 Å². The quantitative estimate of drug-likeness (QED) is 0.403. The molecule has 0 bridgehead atoms. The van der Waals surface area contributed by atoms with E-state index in [0.717, 1.165) is 25.5 Å². The van der Waals surface area contributed by atoms with Crippen LogP contribution in [0.5, 0.6) is 0 Å². The van der Waals surface area contributed by atoms with Crippen molar-refractivity contribution >= 4 is 6.21 Å². The average molecular weight is 213 g/mol. The average Bonchev–Trinajstić information content (AvgIpc) is 2.66.